The van der Waals surface area contributed by atoms with Crippen molar-refractivity contribution in [1.82, 2.24) is 9.97 Å². The van der Waals surface area contributed by atoms with Crippen molar-refractivity contribution in [2.45, 2.75) is 31.8 Å². The van der Waals surface area contributed by atoms with Gasteiger partial charge in [-0.1, -0.05) is 12.1 Å². The molecule has 11 nitrogen and oxygen atoms in total. The summed E-state index contributed by atoms with van der Waals surface area (Å²) < 4.78 is 33.0. The van der Waals surface area contributed by atoms with Gasteiger partial charge in [0.1, 0.15) is 0 Å². The molecule has 2 aromatic carbocycles. The van der Waals surface area contributed by atoms with E-state index in [1.807, 2.05) is 0 Å². The SMILES string of the molecule is Cc1cc(C)nc(NS(=O)(=O)c2ccc(NC(=O)C(C)Oc3ccccc3[N+](=O)[O-])cc2)n1. The first-order chi connectivity index (χ1) is 15.5. The van der Waals surface area contributed by atoms with Crippen LogP contribution in [0.15, 0.2) is 59.5 Å². The van der Waals surface area contributed by atoms with E-state index in [0.29, 0.717) is 17.1 Å². The summed E-state index contributed by atoms with van der Waals surface area (Å²) in [6.45, 7) is 4.90. The number of ether oxygens (including phenoxy) is 1. The molecule has 0 saturated carbocycles. The van der Waals surface area contributed by atoms with Gasteiger partial charge < -0.3 is 10.1 Å². The highest BCUT2D eigenvalue weighted by atomic mass is 32.2. The summed E-state index contributed by atoms with van der Waals surface area (Å²) in [6, 6.07) is 12.9. The Balaban J connectivity index is 1.67. The minimum Gasteiger partial charge on any atom is -0.474 e. The molecular weight excluding hydrogens is 450 g/mol. The number of carbonyl (C=O) groups excluding carboxylic acids is 1. The lowest BCUT2D eigenvalue weighted by Crippen LogP contribution is -2.30. The van der Waals surface area contributed by atoms with E-state index in [1.54, 1.807) is 26.0 Å². The van der Waals surface area contributed by atoms with Crippen LogP contribution in [0.25, 0.3) is 0 Å². The van der Waals surface area contributed by atoms with Crippen molar-refractivity contribution in [3.05, 3.63) is 76.1 Å². The number of nitrogens with zero attached hydrogens (tertiary/aromatic N) is 3. The highest BCUT2D eigenvalue weighted by Gasteiger charge is 2.21. The maximum absolute atomic E-state index is 12.6. The third kappa shape index (κ3) is 6.01. The number of rotatable bonds is 8. The second-order valence-corrected chi connectivity index (χ2v) is 8.76. The number of nitro groups is 1. The molecule has 0 spiro atoms. The zero-order chi connectivity index (χ0) is 24.2. The highest BCUT2D eigenvalue weighted by Crippen LogP contribution is 2.27. The van der Waals surface area contributed by atoms with Gasteiger partial charge >= 0.3 is 5.69 Å². The molecule has 0 bridgehead atoms. The van der Waals surface area contributed by atoms with Gasteiger partial charge in [-0.15, -0.1) is 0 Å². The van der Waals surface area contributed by atoms with Gasteiger partial charge in [-0.05, 0) is 57.2 Å². The monoisotopic (exact) mass is 471 g/mol. The van der Waals surface area contributed by atoms with Crippen molar-refractivity contribution >= 4 is 33.3 Å². The van der Waals surface area contributed by atoms with E-state index >= 15 is 0 Å². The Morgan fingerprint density at radius 3 is 2.27 bits per heavy atom. The molecule has 1 unspecified atom stereocenters. The van der Waals surface area contributed by atoms with Crippen molar-refractivity contribution in [2.75, 3.05) is 10.0 Å². The standard InChI is InChI=1S/C21H21N5O6S/c1-13-12-14(2)23-21(22-13)25-33(30,31)17-10-8-16(9-11-17)24-20(27)15(3)32-19-7-5-4-6-18(19)26(28)29/h4-12,15H,1-3H3,(H,24,27)(H,22,23,25). The molecule has 3 rings (SSSR count). The first-order valence-electron chi connectivity index (χ1n) is 9.71. The minimum atomic E-state index is -3.94. The molecule has 0 aliphatic rings. The number of amides is 1. The maximum Gasteiger partial charge on any atom is 0.310 e. The van der Waals surface area contributed by atoms with Crippen molar-refractivity contribution in [1.29, 1.82) is 0 Å². The summed E-state index contributed by atoms with van der Waals surface area (Å²) in [5.41, 5.74) is 1.30. The van der Waals surface area contributed by atoms with Gasteiger partial charge in [0.2, 0.25) is 5.95 Å². The van der Waals surface area contributed by atoms with E-state index < -0.39 is 27.0 Å². The molecule has 0 aliphatic carbocycles. The topological polar surface area (TPSA) is 153 Å². The van der Waals surface area contributed by atoms with Crippen LogP contribution in [0.3, 0.4) is 0 Å². The molecule has 1 amide bonds. The van der Waals surface area contributed by atoms with E-state index in [-0.39, 0.29) is 22.3 Å². The number of nitro benzene ring substituents is 1. The van der Waals surface area contributed by atoms with Gasteiger partial charge in [0, 0.05) is 23.1 Å². The minimum absolute atomic E-state index is 0.0359. The van der Waals surface area contributed by atoms with E-state index in [0.717, 1.165) is 0 Å². The molecular formula is C21H21N5O6S. The van der Waals surface area contributed by atoms with E-state index in [9.17, 15) is 23.3 Å². The molecule has 0 saturated heterocycles. The molecule has 12 heteroatoms. The van der Waals surface area contributed by atoms with Crippen molar-refractivity contribution in [2.24, 2.45) is 0 Å². The number of nitrogens with one attached hydrogen (secondary N) is 2. The van der Waals surface area contributed by atoms with Crippen molar-refractivity contribution in [3.63, 3.8) is 0 Å². The fourth-order valence-corrected chi connectivity index (χ4v) is 3.81. The van der Waals surface area contributed by atoms with Gasteiger partial charge in [-0.2, -0.15) is 0 Å². The normalized spacial score (nSPS) is 12.0. The van der Waals surface area contributed by atoms with Crippen LogP contribution in [-0.4, -0.2) is 35.3 Å². The largest absolute Gasteiger partial charge is 0.474 e. The van der Waals surface area contributed by atoms with Crippen LogP contribution in [0.5, 0.6) is 5.75 Å². The first kappa shape index (κ1) is 23.6. The zero-order valence-corrected chi connectivity index (χ0v) is 18.8. The van der Waals surface area contributed by atoms with Gasteiger partial charge in [0.05, 0.1) is 9.82 Å². The van der Waals surface area contributed by atoms with E-state index in [4.69, 9.17) is 4.74 Å². The Bertz CT molecular complexity index is 1270. The number of aryl methyl sites for hydroxylation is 2. The molecule has 3 aromatic rings. The Morgan fingerprint density at radius 2 is 1.67 bits per heavy atom. The summed E-state index contributed by atoms with van der Waals surface area (Å²) >= 11 is 0. The zero-order valence-electron chi connectivity index (χ0n) is 18.0. The quantitative estimate of drug-likeness (QED) is 0.375. The van der Waals surface area contributed by atoms with Crippen LogP contribution < -0.4 is 14.8 Å². The number of hydrogen-bond acceptors (Lipinski definition) is 8. The number of sulfonamides is 1. The average Bonchev–Trinajstić information content (AvgIpc) is 2.73. The number of hydrogen-bond donors (Lipinski definition) is 2. The van der Waals surface area contributed by atoms with Crippen LogP contribution in [-0.2, 0) is 14.8 Å². The molecule has 172 valence electrons. The number of carbonyl (C=O) groups is 1. The summed E-state index contributed by atoms with van der Waals surface area (Å²) in [5.74, 6) is -0.636. The summed E-state index contributed by atoms with van der Waals surface area (Å²) in [7, 11) is -3.94. The second-order valence-electron chi connectivity index (χ2n) is 7.08. The predicted molar refractivity (Wildman–Crippen MR) is 121 cm³/mol. The maximum atomic E-state index is 12.6. The highest BCUT2D eigenvalue weighted by molar-refractivity contribution is 7.92. The number of anilines is 2. The summed E-state index contributed by atoms with van der Waals surface area (Å²) in [5, 5.41) is 13.7. The smallest absolute Gasteiger partial charge is 0.310 e. The first-order valence-corrected chi connectivity index (χ1v) is 11.2. The van der Waals surface area contributed by atoms with Gasteiger partial charge in [0.15, 0.2) is 11.9 Å². The average molecular weight is 471 g/mol. The fraction of sp³-hybridized carbons (Fsp3) is 0.190. The molecule has 2 N–H and O–H groups in total. The molecule has 0 radical (unpaired) electrons. The van der Waals surface area contributed by atoms with E-state index in [1.165, 1.54) is 49.4 Å². The Labute approximate surface area is 190 Å². The van der Waals surface area contributed by atoms with Crippen LogP contribution in [0, 0.1) is 24.0 Å². The molecule has 33 heavy (non-hydrogen) atoms. The van der Waals surface area contributed by atoms with E-state index in [2.05, 4.69) is 20.0 Å². The Morgan fingerprint density at radius 1 is 1.06 bits per heavy atom. The molecule has 1 heterocycles. The molecule has 1 aromatic heterocycles. The summed E-state index contributed by atoms with van der Waals surface area (Å²) in [4.78, 5) is 31.0. The lowest BCUT2D eigenvalue weighted by atomic mass is 10.2. The Kier molecular flexibility index (Phi) is 6.87. The second kappa shape index (κ2) is 9.61. The Hall–Kier alpha value is -4.06. The van der Waals surface area contributed by atoms with Crippen LogP contribution >= 0.6 is 0 Å². The molecule has 0 aliphatic heterocycles. The third-order valence-electron chi connectivity index (χ3n) is 4.38. The van der Waals surface area contributed by atoms with Crippen molar-refractivity contribution in [3.8, 4) is 5.75 Å². The lowest BCUT2D eigenvalue weighted by molar-refractivity contribution is -0.386. The molecule has 0 fully saturated rings. The van der Waals surface area contributed by atoms with Crippen LogP contribution in [0.4, 0.5) is 17.3 Å². The number of para-hydroxylation sites is 2. The van der Waals surface area contributed by atoms with Gasteiger partial charge in [-0.3, -0.25) is 14.9 Å². The summed E-state index contributed by atoms with van der Waals surface area (Å²) in [6.07, 6.45) is -1.04. The predicted octanol–water partition coefficient (Wildman–Crippen LogP) is 3.21. The molecule has 1 atom stereocenters. The third-order valence-corrected chi connectivity index (χ3v) is 5.72. The van der Waals surface area contributed by atoms with Gasteiger partial charge in [-0.25, -0.2) is 23.1 Å². The van der Waals surface area contributed by atoms with Crippen LogP contribution in [0.1, 0.15) is 18.3 Å². The lowest BCUT2D eigenvalue weighted by Gasteiger charge is -2.15. The van der Waals surface area contributed by atoms with Crippen LogP contribution in [0.2, 0.25) is 0 Å². The number of benzene rings is 2. The van der Waals surface area contributed by atoms with Gasteiger partial charge in [0.25, 0.3) is 15.9 Å². The fourth-order valence-electron chi connectivity index (χ4n) is 2.86. The number of aromatic nitrogens is 2. The van der Waals surface area contributed by atoms with Crippen molar-refractivity contribution < 1.29 is 22.9 Å².